The van der Waals surface area contributed by atoms with E-state index in [0.29, 0.717) is 6.42 Å². The molecule has 96 valence electrons. The first-order valence-corrected chi connectivity index (χ1v) is 5.80. The number of carboxylic acids is 1. The van der Waals surface area contributed by atoms with Gasteiger partial charge in [0.2, 0.25) is 0 Å². The molecule has 0 aromatic rings. The molecule has 0 saturated carbocycles. The van der Waals surface area contributed by atoms with Crippen LogP contribution in [0.5, 0.6) is 0 Å². The molecule has 4 nitrogen and oxygen atoms in total. The molecule has 0 aliphatic carbocycles. The Morgan fingerprint density at radius 2 is 1.50 bits per heavy atom. The van der Waals surface area contributed by atoms with Gasteiger partial charge in [-0.15, -0.1) is 0 Å². The molecular weight excluding hydrogens is 208 g/mol. The molecule has 0 amide bonds. The van der Waals surface area contributed by atoms with Gasteiger partial charge in [0, 0.05) is 13.3 Å². The molecular formula is C12H24O4. The lowest BCUT2D eigenvalue weighted by atomic mass is 10.1. The molecule has 0 spiro atoms. The van der Waals surface area contributed by atoms with Crippen molar-refractivity contribution < 1.29 is 19.4 Å². The number of carbonyl (C=O) groups excluding carboxylic acids is 1. The number of unbranched alkanes of at least 4 members (excludes halogenated alkanes) is 5. The van der Waals surface area contributed by atoms with Crippen LogP contribution in [0.3, 0.4) is 0 Å². The number of esters is 1. The Kier molecular flexibility index (Phi) is 15.1. The first-order valence-electron chi connectivity index (χ1n) is 5.80. The van der Waals surface area contributed by atoms with Gasteiger partial charge in [0.15, 0.2) is 0 Å². The minimum Gasteiger partial charge on any atom is -0.481 e. The fraction of sp³-hybridized carbons (Fsp3) is 0.833. The van der Waals surface area contributed by atoms with Gasteiger partial charge in [0.05, 0.1) is 7.11 Å². The van der Waals surface area contributed by atoms with E-state index in [4.69, 9.17) is 5.11 Å². The van der Waals surface area contributed by atoms with Gasteiger partial charge in [0.25, 0.3) is 0 Å². The topological polar surface area (TPSA) is 63.6 Å². The van der Waals surface area contributed by atoms with Gasteiger partial charge in [-0.1, -0.05) is 39.0 Å². The second-order valence-corrected chi connectivity index (χ2v) is 3.61. The van der Waals surface area contributed by atoms with E-state index in [1.54, 1.807) is 0 Å². The summed E-state index contributed by atoms with van der Waals surface area (Å²) in [6.07, 6.45) is 7.25. The van der Waals surface area contributed by atoms with Crippen LogP contribution in [-0.2, 0) is 14.3 Å². The zero-order chi connectivity index (χ0) is 12.8. The Balaban J connectivity index is 0. The lowest BCUT2D eigenvalue weighted by molar-refractivity contribution is -0.138. The summed E-state index contributed by atoms with van der Waals surface area (Å²) in [7, 11) is 1.35. The Morgan fingerprint density at radius 1 is 1.06 bits per heavy atom. The molecule has 0 aliphatic rings. The molecule has 0 fully saturated rings. The summed E-state index contributed by atoms with van der Waals surface area (Å²) in [5, 5.41) is 8.32. The van der Waals surface area contributed by atoms with E-state index in [9.17, 15) is 9.59 Å². The molecule has 0 saturated heterocycles. The molecule has 4 heteroatoms. The maximum Gasteiger partial charge on any atom is 0.303 e. The third-order valence-electron chi connectivity index (χ3n) is 2.03. The first-order chi connectivity index (χ1) is 7.54. The molecule has 0 aromatic carbocycles. The summed E-state index contributed by atoms with van der Waals surface area (Å²) in [4.78, 5) is 19.7. The molecule has 16 heavy (non-hydrogen) atoms. The van der Waals surface area contributed by atoms with Crippen molar-refractivity contribution in [2.45, 2.75) is 58.8 Å². The fourth-order valence-corrected chi connectivity index (χ4v) is 1.06. The molecule has 0 rings (SSSR count). The zero-order valence-corrected chi connectivity index (χ0v) is 10.6. The average molecular weight is 232 g/mol. The lowest BCUT2D eigenvalue weighted by Crippen LogP contribution is -1.93. The monoisotopic (exact) mass is 232 g/mol. The molecule has 0 heterocycles. The number of ether oxygens (including phenoxy) is 1. The average Bonchev–Trinajstić information content (AvgIpc) is 2.23. The maximum atomic E-state index is 10.1. The summed E-state index contributed by atoms with van der Waals surface area (Å²) in [5.41, 5.74) is 0. The minimum atomic E-state index is -0.666. The lowest BCUT2D eigenvalue weighted by Gasteiger charge is -1.97. The summed E-state index contributed by atoms with van der Waals surface area (Å²) < 4.78 is 4.11. The third-order valence-corrected chi connectivity index (χ3v) is 2.03. The van der Waals surface area contributed by atoms with Gasteiger partial charge in [-0.05, 0) is 6.42 Å². The highest BCUT2D eigenvalue weighted by Crippen LogP contribution is 2.06. The van der Waals surface area contributed by atoms with E-state index >= 15 is 0 Å². The van der Waals surface area contributed by atoms with Gasteiger partial charge >= 0.3 is 11.9 Å². The van der Waals surface area contributed by atoms with Crippen LogP contribution in [0.2, 0.25) is 0 Å². The highest BCUT2D eigenvalue weighted by Gasteiger charge is 1.95. The Bertz CT molecular complexity index is 178. The van der Waals surface area contributed by atoms with Crippen LogP contribution >= 0.6 is 0 Å². The maximum absolute atomic E-state index is 10.1. The second kappa shape index (κ2) is 13.9. The molecule has 0 unspecified atom stereocenters. The van der Waals surface area contributed by atoms with E-state index in [1.165, 1.54) is 39.7 Å². The molecule has 0 atom stereocenters. The van der Waals surface area contributed by atoms with Crippen LogP contribution < -0.4 is 0 Å². The van der Waals surface area contributed by atoms with Crippen LogP contribution in [-0.4, -0.2) is 24.2 Å². The Hall–Kier alpha value is -1.06. The summed E-state index contributed by atoms with van der Waals surface area (Å²) in [6, 6.07) is 0. The van der Waals surface area contributed by atoms with Crippen LogP contribution in [0.15, 0.2) is 0 Å². The molecule has 0 bridgehead atoms. The molecule has 0 aliphatic heterocycles. The smallest absolute Gasteiger partial charge is 0.303 e. The van der Waals surface area contributed by atoms with Gasteiger partial charge in [-0.2, -0.15) is 0 Å². The quantitative estimate of drug-likeness (QED) is 0.541. The predicted molar refractivity (Wildman–Crippen MR) is 63.3 cm³/mol. The Labute approximate surface area is 98.0 Å². The number of methoxy groups -OCH3 is 1. The SMILES string of the molecule is CCCCCCCCC(=O)O.COC(C)=O. The standard InChI is InChI=1S/C9H18O2.C3H6O2/c1-2-3-4-5-6-7-8-9(10)11;1-3(4)5-2/h2-8H2,1H3,(H,10,11);1-2H3. The van der Waals surface area contributed by atoms with Crippen molar-refractivity contribution in [1.82, 2.24) is 0 Å². The van der Waals surface area contributed by atoms with Crippen molar-refractivity contribution in [2.75, 3.05) is 7.11 Å². The molecule has 0 aromatic heterocycles. The van der Waals surface area contributed by atoms with Gasteiger partial charge in [-0.3, -0.25) is 9.59 Å². The van der Waals surface area contributed by atoms with E-state index < -0.39 is 5.97 Å². The van der Waals surface area contributed by atoms with E-state index in [2.05, 4.69) is 11.7 Å². The van der Waals surface area contributed by atoms with Crippen molar-refractivity contribution in [3.05, 3.63) is 0 Å². The number of carbonyl (C=O) groups is 2. The number of rotatable bonds is 7. The van der Waals surface area contributed by atoms with E-state index in [0.717, 1.165) is 12.8 Å². The summed E-state index contributed by atoms with van der Waals surface area (Å²) in [5.74, 6) is -0.912. The number of aliphatic carboxylic acids is 1. The first kappa shape index (κ1) is 17.3. The number of hydrogen-bond donors (Lipinski definition) is 1. The highest BCUT2D eigenvalue weighted by atomic mass is 16.5. The number of carboxylic acid groups (broad SMARTS) is 1. The molecule has 1 N–H and O–H groups in total. The van der Waals surface area contributed by atoms with Crippen molar-refractivity contribution in [2.24, 2.45) is 0 Å². The zero-order valence-electron chi connectivity index (χ0n) is 10.6. The summed E-state index contributed by atoms with van der Waals surface area (Å²) in [6.45, 7) is 3.54. The molecule has 0 radical (unpaired) electrons. The van der Waals surface area contributed by atoms with Crippen molar-refractivity contribution in [3.8, 4) is 0 Å². The van der Waals surface area contributed by atoms with Gasteiger partial charge < -0.3 is 9.84 Å². The van der Waals surface area contributed by atoms with E-state index in [1.807, 2.05) is 0 Å². The van der Waals surface area contributed by atoms with Crippen LogP contribution in [0.25, 0.3) is 0 Å². The van der Waals surface area contributed by atoms with E-state index in [-0.39, 0.29) is 5.97 Å². The van der Waals surface area contributed by atoms with Crippen LogP contribution in [0, 0.1) is 0 Å². The highest BCUT2D eigenvalue weighted by molar-refractivity contribution is 5.66. The normalized spacial score (nSPS) is 8.94. The van der Waals surface area contributed by atoms with Crippen molar-refractivity contribution in [3.63, 3.8) is 0 Å². The van der Waals surface area contributed by atoms with Crippen LogP contribution in [0.4, 0.5) is 0 Å². The van der Waals surface area contributed by atoms with Gasteiger partial charge in [0.1, 0.15) is 0 Å². The Morgan fingerprint density at radius 3 is 1.88 bits per heavy atom. The van der Waals surface area contributed by atoms with Crippen molar-refractivity contribution in [1.29, 1.82) is 0 Å². The largest absolute Gasteiger partial charge is 0.481 e. The minimum absolute atomic E-state index is 0.245. The second-order valence-electron chi connectivity index (χ2n) is 3.61. The van der Waals surface area contributed by atoms with Crippen molar-refractivity contribution >= 4 is 11.9 Å². The number of hydrogen-bond acceptors (Lipinski definition) is 3. The van der Waals surface area contributed by atoms with Crippen LogP contribution in [0.1, 0.15) is 58.8 Å². The van der Waals surface area contributed by atoms with Gasteiger partial charge in [-0.25, -0.2) is 0 Å². The summed E-state index contributed by atoms with van der Waals surface area (Å²) >= 11 is 0. The predicted octanol–water partition coefficient (Wildman–Crippen LogP) is 3.00. The third kappa shape index (κ3) is 23.1. The fourth-order valence-electron chi connectivity index (χ4n) is 1.06.